The second-order valence-electron chi connectivity index (χ2n) is 3.82. The normalized spacial score (nSPS) is 10.9. The van der Waals surface area contributed by atoms with E-state index in [1.165, 1.54) is 32.3 Å². The molecule has 1 aromatic rings. The van der Waals surface area contributed by atoms with Crippen LogP contribution < -0.4 is 5.32 Å². The number of nitrogens with zero attached hydrogens (tertiary/aromatic N) is 1. The standard InChI is InChI=1S/C10H12N2O4/c1-10(2,9(15)16)12-8(14)6-3-7(13)5-11-4-6/h3-5,13H,1-2H3,(H,12,14)(H,15,16). The van der Waals surface area contributed by atoms with E-state index < -0.39 is 17.4 Å². The molecule has 0 aromatic carbocycles. The molecule has 0 unspecified atom stereocenters. The summed E-state index contributed by atoms with van der Waals surface area (Å²) in [4.78, 5) is 26.0. The van der Waals surface area contributed by atoms with Crippen LogP contribution in [0.15, 0.2) is 18.5 Å². The zero-order chi connectivity index (χ0) is 12.3. The van der Waals surface area contributed by atoms with Gasteiger partial charge in [0.2, 0.25) is 0 Å². The second-order valence-corrected chi connectivity index (χ2v) is 3.82. The SMILES string of the molecule is CC(C)(NC(=O)c1cncc(O)c1)C(=O)O. The minimum atomic E-state index is -1.37. The van der Waals surface area contributed by atoms with Crippen LogP contribution in [-0.4, -0.2) is 32.6 Å². The lowest BCUT2D eigenvalue weighted by Crippen LogP contribution is -2.49. The Bertz CT molecular complexity index is 429. The second kappa shape index (κ2) is 4.18. The molecule has 0 aliphatic carbocycles. The van der Waals surface area contributed by atoms with Crippen LogP contribution in [0.3, 0.4) is 0 Å². The predicted molar refractivity (Wildman–Crippen MR) is 55.1 cm³/mol. The van der Waals surface area contributed by atoms with E-state index in [-0.39, 0.29) is 11.3 Å². The molecule has 1 rings (SSSR count). The Morgan fingerprint density at radius 2 is 2.00 bits per heavy atom. The topological polar surface area (TPSA) is 99.5 Å². The number of amides is 1. The monoisotopic (exact) mass is 224 g/mol. The molecular weight excluding hydrogens is 212 g/mol. The summed E-state index contributed by atoms with van der Waals surface area (Å²) in [7, 11) is 0. The van der Waals surface area contributed by atoms with Crippen LogP contribution >= 0.6 is 0 Å². The van der Waals surface area contributed by atoms with E-state index >= 15 is 0 Å². The van der Waals surface area contributed by atoms with Gasteiger partial charge in [0.05, 0.1) is 11.8 Å². The van der Waals surface area contributed by atoms with Crippen LogP contribution in [0.25, 0.3) is 0 Å². The maximum Gasteiger partial charge on any atom is 0.328 e. The summed E-state index contributed by atoms with van der Waals surface area (Å²) < 4.78 is 0. The van der Waals surface area contributed by atoms with Crippen LogP contribution in [0.5, 0.6) is 5.75 Å². The van der Waals surface area contributed by atoms with E-state index in [0.29, 0.717) is 0 Å². The van der Waals surface area contributed by atoms with Crippen molar-refractivity contribution in [1.29, 1.82) is 0 Å². The third kappa shape index (κ3) is 2.69. The van der Waals surface area contributed by atoms with Crippen molar-refractivity contribution in [3.05, 3.63) is 24.0 Å². The van der Waals surface area contributed by atoms with Crippen LogP contribution in [0.1, 0.15) is 24.2 Å². The molecule has 1 amide bonds. The number of hydrogen-bond donors (Lipinski definition) is 3. The number of carbonyl (C=O) groups excluding carboxylic acids is 1. The summed E-state index contributed by atoms with van der Waals surface area (Å²) >= 11 is 0. The van der Waals surface area contributed by atoms with Crippen molar-refractivity contribution in [1.82, 2.24) is 10.3 Å². The summed E-state index contributed by atoms with van der Waals surface area (Å²) in [6.07, 6.45) is 2.42. The average Bonchev–Trinajstić information content (AvgIpc) is 2.16. The number of rotatable bonds is 3. The molecule has 16 heavy (non-hydrogen) atoms. The molecule has 3 N–H and O–H groups in total. The molecule has 0 spiro atoms. The third-order valence-electron chi connectivity index (χ3n) is 1.95. The molecule has 0 fully saturated rings. The van der Waals surface area contributed by atoms with Gasteiger partial charge in [-0.05, 0) is 19.9 Å². The molecule has 0 bridgehead atoms. The predicted octanol–water partition coefficient (Wildman–Crippen LogP) is 0.380. The van der Waals surface area contributed by atoms with Gasteiger partial charge < -0.3 is 15.5 Å². The van der Waals surface area contributed by atoms with Gasteiger partial charge >= 0.3 is 5.97 Å². The van der Waals surface area contributed by atoms with Gasteiger partial charge in [-0.15, -0.1) is 0 Å². The molecule has 6 heteroatoms. The summed E-state index contributed by atoms with van der Waals surface area (Å²) in [6.45, 7) is 2.73. The molecule has 0 radical (unpaired) electrons. The minimum Gasteiger partial charge on any atom is -0.506 e. The Hall–Kier alpha value is -2.11. The highest BCUT2D eigenvalue weighted by atomic mass is 16.4. The van der Waals surface area contributed by atoms with Gasteiger partial charge in [0, 0.05) is 6.20 Å². The maximum absolute atomic E-state index is 11.6. The molecule has 0 atom stereocenters. The number of aromatic hydroxyl groups is 1. The Morgan fingerprint density at radius 3 is 2.50 bits per heavy atom. The van der Waals surface area contributed by atoms with Crippen LogP contribution in [0.2, 0.25) is 0 Å². The van der Waals surface area contributed by atoms with Crippen molar-refractivity contribution in [2.75, 3.05) is 0 Å². The largest absolute Gasteiger partial charge is 0.506 e. The van der Waals surface area contributed by atoms with Crippen molar-refractivity contribution in [3.63, 3.8) is 0 Å². The molecule has 0 saturated heterocycles. The van der Waals surface area contributed by atoms with Gasteiger partial charge in [-0.3, -0.25) is 9.78 Å². The highest BCUT2D eigenvalue weighted by molar-refractivity contribution is 5.97. The fraction of sp³-hybridized carbons (Fsp3) is 0.300. The molecule has 1 heterocycles. The number of carbonyl (C=O) groups is 2. The molecule has 86 valence electrons. The van der Waals surface area contributed by atoms with E-state index in [1.54, 1.807) is 0 Å². The van der Waals surface area contributed by atoms with Gasteiger partial charge in [0.25, 0.3) is 5.91 Å². The summed E-state index contributed by atoms with van der Waals surface area (Å²) in [5.41, 5.74) is -1.27. The lowest BCUT2D eigenvalue weighted by Gasteiger charge is -2.20. The Kier molecular flexibility index (Phi) is 3.12. The van der Waals surface area contributed by atoms with Crippen molar-refractivity contribution < 1.29 is 19.8 Å². The van der Waals surface area contributed by atoms with Crippen LogP contribution in [0.4, 0.5) is 0 Å². The van der Waals surface area contributed by atoms with E-state index in [2.05, 4.69) is 10.3 Å². The molecule has 0 aliphatic rings. The Balaban J connectivity index is 2.85. The van der Waals surface area contributed by atoms with Gasteiger partial charge in [-0.25, -0.2) is 4.79 Å². The first-order valence-corrected chi connectivity index (χ1v) is 4.53. The van der Waals surface area contributed by atoms with Crippen molar-refractivity contribution in [2.45, 2.75) is 19.4 Å². The summed E-state index contributed by atoms with van der Waals surface area (Å²) in [5, 5.41) is 20.2. The minimum absolute atomic E-state index is 0.106. The number of carboxylic acid groups (broad SMARTS) is 1. The van der Waals surface area contributed by atoms with Crippen LogP contribution in [0, 0.1) is 0 Å². The number of carboxylic acids is 1. The number of nitrogens with one attached hydrogen (secondary N) is 1. The maximum atomic E-state index is 11.6. The van der Waals surface area contributed by atoms with E-state index in [0.717, 1.165) is 0 Å². The number of aromatic nitrogens is 1. The number of aliphatic carboxylic acids is 1. The first-order chi connectivity index (χ1) is 7.33. The summed E-state index contributed by atoms with van der Waals surface area (Å²) in [5.74, 6) is -1.90. The van der Waals surface area contributed by atoms with Gasteiger partial charge in [0.1, 0.15) is 11.3 Å². The third-order valence-corrected chi connectivity index (χ3v) is 1.95. The van der Waals surface area contributed by atoms with E-state index in [1.807, 2.05) is 0 Å². The molecule has 6 nitrogen and oxygen atoms in total. The van der Waals surface area contributed by atoms with Gasteiger partial charge in [-0.1, -0.05) is 0 Å². The molecule has 0 saturated carbocycles. The quantitative estimate of drug-likeness (QED) is 0.689. The Labute approximate surface area is 91.9 Å². The molecule has 1 aromatic heterocycles. The molecular formula is C10H12N2O4. The number of pyridine rings is 1. The van der Waals surface area contributed by atoms with Crippen molar-refractivity contribution in [3.8, 4) is 5.75 Å². The lowest BCUT2D eigenvalue weighted by molar-refractivity contribution is -0.143. The number of hydrogen-bond acceptors (Lipinski definition) is 4. The smallest absolute Gasteiger partial charge is 0.328 e. The highest BCUT2D eigenvalue weighted by Crippen LogP contribution is 2.10. The van der Waals surface area contributed by atoms with Gasteiger partial charge in [0.15, 0.2) is 0 Å². The zero-order valence-corrected chi connectivity index (χ0v) is 8.89. The van der Waals surface area contributed by atoms with Gasteiger partial charge in [-0.2, -0.15) is 0 Å². The first kappa shape index (κ1) is 12.0. The van der Waals surface area contributed by atoms with Crippen LogP contribution in [-0.2, 0) is 4.79 Å². The fourth-order valence-electron chi connectivity index (χ4n) is 0.961. The zero-order valence-electron chi connectivity index (χ0n) is 8.89. The van der Waals surface area contributed by atoms with E-state index in [4.69, 9.17) is 10.2 Å². The lowest BCUT2D eigenvalue weighted by atomic mass is 10.1. The van der Waals surface area contributed by atoms with Crippen molar-refractivity contribution in [2.24, 2.45) is 0 Å². The average molecular weight is 224 g/mol. The van der Waals surface area contributed by atoms with Crippen molar-refractivity contribution >= 4 is 11.9 Å². The molecule has 0 aliphatic heterocycles. The first-order valence-electron chi connectivity index (χ1n) is 4.53. The highest BCUT2D eigenvalue weighted by Gasteiger charge is 2.29. The fourth-order valence-corrected chi connectivity index (χ4v) is 0.961. The van der Waals surface area contributed by atoms with E-state index in [9.17, 15) is 9.59 Å². The Morgan fingerprint density at radius 1 is 1.38 bits per heavy atom. The summed E-state index contributed by atoms with van der Waals surface area (Å²) in [6, 6.07) is 1.21.